The molecule has 0 N–H and O–H groups in total. The second-order valence-corrected chi connectivity index (χ2v) is 5.61. The molecule has 1 nitrogen and oxygen atoms in total. The predicted molar refractivity (Wildman–Crippen MR) is 53.3 cm³/mol. The van der Waals surface area contributed by atoms with Gasteiger partial charge in [0.25, 0.3) is 0 Å². The second kappa shape index (κ2) is 2.26. The molecule has 2 aliphatic carbocycles. The summed E-state index contributed by atoms with van der Waals surface area (Å²) in [5.41, 5.74) is -0.292. The lowest BCUT2D eigenvalue weighted by molar-refractivity contribution is -0.144. The summed E-state index contributed by atoms with van der Waals surface area (Å²) in [4.78, 5) is 12.2. The molecule has 0 aliphatic heterocycles. The minimum atomic E-state index is -0.146. The highest BCUT2D eigenvalue weighted by atomic mass is 16.1. The van der Waals surface area contributed by atoms with E-state index in [1.807, 2.05) is 0 Å². The molecule has 1 saturated carbocycles. The number of allylic oxidation sites excluding steroid dienone is 2. The molecule has 2 bridgehead atoms. The highest BCUT2D eigenvalue weighted by Gasteiger charge is 2.53. The quantitative estimate of drug-likeness (QED) is 0.521. The van der Waals surface area contributed by atoms with Crippen LogP contribution in [0.25, 0.3) is 0 Å². The van der Waals surface area contributed by atoms with Gasteiger partial charge in [-0.3, -0.25) is 4.79 Å². The molecule has 13 heavy (non-hydrogen) atoms. The summed E-state index contributed by atoms with van der Waals surface area (Å²) in [5, 5.41) is 0. The van der Waals surface area contributed by atoms with Crippen LogP contribution in [0.15, 0.2) is 12.2 Å². The fraction of sp³-hybridized carbons (Fsp3) is 0.750. The Hall–Kier alpha value is -0.590. The molecular weight excluding hydrogens is 160 g/mol. The SMILES string of the molecule is CC1(C)C(=O)C(C)(C)C2C=CC1C2. The lowest BCUT2D eigenvalue weighted by atomic mass is 9.57. The molecule has 2 unspecified atom stereocenters. The summed E-state index contributed by atoms with van der Waals surface area (Å²) < 4.78 is 0. The number of hydrogen-bond acceptors (Lipinski definition) is 1. The smallest absolute Gasteiger partial charge is 0.145 e. The molecule has 0 radical (unpaired) electrons. The molecule has 0 amide bonds. The Bertz CT molecular complexity index is 257. The molecule has 0 saturated heterocycles. The fourth-order valence-corrected chi connectivity index (χ4v) is 2.94. The van der Waals surface area contributed by atoms with Gasteiger partial charge in [-0.2, -0.15) is 0 Å². The summed E-state index contributed by atoms with van der Waals surface area (Å²) >= 11 is 0. The minimum absolute atomic E-state index is 0.146. The fourth-order valence-electron chi connectivity index (χ4n) is 2.94. The predicted octanol–water partition coefficient (Wildman–Crippen LogP) is 2.81. The van der Waals surface area contributed by atoms with Gasteiger partial charge in [-0.1, -0.05) is 39.8 Å². The molecule has 0 aromatic heterocycles. The van der Waals surface area contributed by atoms with Crippen molar-refractivity contribution < 1.29 is 4.79 Å². The molecule has 2 aliphatic rings. The van der Waals surface area contributed by atoms with Crippen molar-refractivity contribution in [2.75, 3.05) is 0 Å². The average molecular weight is 178 g/mol. The van der Waals surface area contributed by atoms with E-state index in [0.29, 0.717) is 17.6 Å². The Morgan fingerprint density at radius 1 is 1.08 bits per heavy atom. The van der Waals surface area contributed by atoms with E-state index in [4.69, 9.17) is 0 Å². The summed E-state index contributed by atoms with van der Waals surface area (Å²) in [6, 6.07) is 0. The molecule has 1 fully saturated rings. The number of fused-ring (bicyclic) bond motifs is 2. The number of rotatable bonds is 0. The number of ketones is 1. The van der Waals surface area contributed by atoms with Crippen molar-refractivity contribution in [3.05, 3.63) is 12.2 Å². The van der Waals surface area contributed by atoms with Crippen molar-refractivity contribution in [3.63, 3.8) is 0 Å². The molecule has 0 heterocycles. The zero-order valence-corrected chi connectivity index (χ0v) is 8.92. The summed E-state index contributed by atoms with van der Waals surface area (Å²) in [7, 11) is 0. The first-order valence-electron chi connectivity index (χ1n) is 5.10. The van der Waals surface area contributed by atoms with Gasteiger partial charge in [0.05, 0.1) is 0 Å². The first-order valence-corrected chi connectivity index (χ1v) is 5.10. The molecule has 0 aromatic carbocycles. The van der Waals surface area contributed by atoms with Crippen molar-refractivity contribution in [2.24, 2.45) is 22.7 Å². The van der Waals surface area contributed by atoms with Crippen LogP contribution in [-0.2, 0) is 4.79 Å². The van der Waals surface area contributed by atoms with Gasteiger partial charge in [0.2, 0.25) is 0 Å². The minimum Gasteiger partial charge on any atom is -0.298 e. The van der Waals surface area contributed by atoms with Gasteiger partial charge in [-0.15, -0.1) is 0 Å². The van der Waals surface area contributed by atoms with Crippen LogP contribution in [0.1, 0.15) is 34.1 Å². The van der Waals surface area contributed by atoms with Gasteiger partial charge < -0.3 is 0 Å². The lowest BCUT2D eigenvalue weighted by Gasteiger charge is -2.44. The third kappa shape index (κ3) is 0.962. The molecule has 1 heteroatoms. The van der Waals surface area contributed by atoms with Crippen molar-refractivity contribution in [3.8, 4) is 0 Å². The van der Waals surface area contributed by atoms with Crippen LogP contribution < -0.4 is 0 Å². The Morgan fingerprint density at radius 2 is 1.46 bits per heavy atom. The molecule has 0 aromatic rings. The Labute approximate surface area is 80.2 Å². The summed E-state index contributed by atoms with van der Waals surface area (Å²) in [5.74, 6) is 1.40. The Balaban J connectivity index is 2.47. The summed E-state index contributed by atoms with van der Waals surface area (Å²) in [6.07, 6.45) is 5.67. The van der Waals surface area contributed by atoms with E-state index < -0.39 is 0 Å². The number of Topliss-reactive ketones (excluding diaryl/α,β-unsaturated/α-hetero) is 1. The van der Waals surface area contributed by atoms with E-state index >= 15 is 0 Å². The third-order valence-corrected chi connectivity index (χ3v) is 4.11. The van der Waals surface area contributed by atoms with E-state index in [-0.39, 0.29) is 10.8 Å². The number of carbonyl (C=O) groups is 1. The van der Waals surface area contributed by atoms with E-state index in [0.717, 1.165) is 0 Å². The molecule has 2 atom stereocenters. The van der Waals surface area contributed by atoms with E-state index in [9.17, 15) is 4.79 Å². The Kier molecular flexibility index (Phi) is 1.56. The van der Waals surface area contributed by atoms with Gasteiger partial charge in [0.15, 0.2) is 0 Å². The average Bonchev–Trinajstić information content (AvgIpc) is 2.48. The monoisotopic (exact) mass is 178 g/mol. The van der Waals surface area contributed by atoms with Gasteiger partial charge in [-0.25, -0.2) is 0 Å². The first kappa shape index (κ1) is 8.98. The van der Waals surface area contributed by atoms with Crippen LogP contribution in [0.5, 0.6) is 0 Å². The largest absolute Gasteiger partial charge is 0.298 e. The highest BCUT2D eigenvalue weighted by molar-refractivity contribution is 5.91. The van der Waals surface area contributed by atoms with E-state index in [2.05, 4.69) is 39.8 Å². The number of hydrogen-bond donors (Lipinski definition) is 0. The maximum atomic E-state index is 12.2. The van der Waals surface area contributed by atoms with E-state index in [1.54, 1.807) is 0 Å². The maximum Gasteiger partial charge on any atom is 0.145 e. The van der Waals surface area contributed by atoms with Gasteiger partial charge in [0.1, 0.15) is 5.78 Å². The van der Waals surface area contributed by atoms with Crippen LogP contribution in [0.3, 0.4) is 0 Å². The lowest BCUT2D eigenvalue weighted by Crippen LogP contribution is -2.48. The van der Waals surface area contributed by atoms with Crippen molar-refractivity contribution in [1.29, 1.82) is 0 Å². The first-order chi connectivity index (χ1) is 5.87. The zero-order valence-electron chi connectivity index (χ0n) is 8.92. The van der Waals surface area contributed by atoms with Gasteiger partial charge in [0, 0.05) is 10.8 Å². The number of carbonyl (C=O) groups excluding carboxylic acids is 1. The van der Waals surface area contributed by atoms with Crippen molar-refractivity contribution >= 4 is 5.78 Å². The van der Waals surface area contributed by atoms with Crippen LogP contribution in [0, 0.1) is 22.7 Å². The standard InChI is InChI=1S/C12H18O/c1-11(2)8-5-6-9(7-8)12(3,4)10(11)13/h5-6,8-9H,7H2,1-4H3. The highest BCUT2D eigenvalue weighted by Crippen LogP contribution is 2.53. The third-order valence-electron chi connectivity index (χ3n) is 4.11. The van der Waals surface area contributed by atoms with Crippen LogP contribution >= 0.6 is 0 Å². The van der Waals surface area contributed by atoms with E-state index in [1.165, 1.54) is 6.42 Å². The zero-order chi connectivity index (χ0) is 9.85. The second-order valence-electron chi connectivity index (χ2n) is 5.61. The summed E-state index contributed by atoms with van der Waals surface area (Å²) in [6.45, 7) is 8.36. The molecule has 72 valence electrons. The van der Waals surface area contributed by atoms with Crippen LogP contribution in [0.2, 0.25) is 0 Å². The van der Waals surface area contributed by atoms with Crippen LogP contribution in [-0.4, -0.2) is 5.78 Å². The molecule has 0 spiro atoms. The van der Waals surface area contributed by atoms with Crippen molar-refractivity contribution in [2.45, 2.75) is 34.1 Å². The Morgan fingerprint density at radius 3 is 1.85 bits per heavy atom. The molecular formula is C12H18O. The van der Waals surface area contributed by atoms with Crippen molar-refractivity contribution in [1.82, 2.24) is 0 Å². The maximum absolute atomic E-state index is 12.2. The normalized spacial score (nSPS) is 39.5. The topological polar surface area (TPSA) is 17.1 Å². The molecule has 2 rings (SSSR count). The van der Waals surface area contributed by atoms with Gasteiger partial charge in [-0.05, 0) is 18.3 Å². The van der Waals surface area contributed by atoms with Gasteiger partial charge >= 0.3 is 0 Å². The van der Waals surface area contributed by atoms with Crippen LogP contribution in [0.4, 0.5) is 0 Å².